The normalized spacial score (nSPS) is 14.7. The smallest absolute Gasteiger partial charge is 0.341 e. The summed E-state index contributed by atoms with van der Waals surface area (Å²) in [6, 6.07) is 16.3. The van der Waals surface area contributed by atoms with Crippen molar-refractivity contribution in [2.24, 2.45) is 5.92 Å². The summed E-state index contributed by atoms with van der Waals surface area (Å²) in [5.74, 6) is 0.0235. The molecule has 1 aliphatic rings. The number of aromatic nitrogens is 2. The van der Waals surface area contributed by atoms with Crippen molar-refractivity contribution >= 4 is 11.8 Å². The minimum atomic E-state index is -1.04. The molecule has 0 atom stereocenters. The molecule has 1 saturated heterocycles. The van der Waals surface area contributed by atoms with Gasteiger partial charge in [-0.25, -0.2) is 19.2 Å². The van der Waals surface area contributed by atoms with Crippen LogP contribution in [0.15, 0.2) is 60.8 Å². The summed E-state index contributed by atoms with van der Waals surface area (Å²) in [5, 5.41) is 9.58. The first-order valence-electron chi connectivity index (χ1n) is 9.75. The lowest BCUT2D eigenvalue weighted by atomic mass is 9.90. The molecule has 2 heterocycles. The Labute approximate surface area is 168 Å². The lowest BCUT2D eigenvalue weighted by Gasteiger charge is -2.33. The Morgan fingerprint density at radius 3 is 2.41 bits per heavy atom. The largest absolute Gasteiger partial charge is 0.477 e. The zero-order valence-electron chi connectivity index (χ0n) is 16.0. The molecule has 0 bridgehead atoms. The number of hydrogen-bond donors (Lipinski definition) is 1. The Bertz CT molecular complexity index is 985. The van der Waals surface area contributed by atoms with Crippen LogP contribution in [0.3, 0.4) is 0 Å². The molecule has 148 valence electrons. The average Bonchev–Trinajstić information content (AvgIpc) is 2.75. The van der Waals surface area contributed by atoms with Crippen molar-refractivity contribution in [3.63, 3.8) is 0 Å². The van der Waals surface area contributed by atoms with Gasteiger partial charge in [0.2, 0.25) is 0 Å². The highest BCUT2D eigenvalue weighted by atomic mass is 19.1. The van der Waals surface area contributed by atoms with E-state index >= 15 is 0 Å². The number of piperidine rings is 1. The molecule has 3 aromatic rings. The van der Waals surface area contributed by atoms with Gasteiger partial charge < -0.3 is 10.0 Å². The molecule has 0 saturated carbocycles. The molecule has 0 unspecified atom stereocenters. The lowest BCUT2D eigenvalue weighted by Crippen LogP contribution is -2.36. The number of benzene rings is 2. The van der Waals surface area contributed by atoms with Crippen LogP contribution in [0.5, 0.6) is 0 Å². The second-order valence-corrected chi connectivity index (χ2v) is 7.36. The Kier molecular flexibility index (Phi) is 5.51. The summed E-state index contributed by atoms with van der Waals surface area (Å²) >= 11 is 0. The van der Waals surface area contributed by atoms with Gasteiger partial charge in [-0.3, -0.25) is 0 Å². The van der Waals surface area contributed by atoms with E-state index in [-0.39, 0.29) is 11.4 Å². The molecular formula is C23H22FN3O2. The fourth-order valence-electron chi connectivity index (χ4n) is 3.80. The number of carboxylic acids is 1. The number of carbonyl (C=O) groups is 1. The maximum absolute atomic E-state index is 13.2. The molecule has 29 heavy (non-hydrogen) atoms. The van der Waals surface area contributed by atoms with Crippen molar-refractivity contribution in [3.8, 4) is 11.4 Å². The second kappa shape index (κ2) is 8.39. The van der Waals surface area contributed by atoms with Crippen molar-refractivity contribution in [1.29, 1.82) is 0 Å². The number of aromatic carboxylic acids is 1. The van der Waals surface area contributed by atoms with Gasteiger partial charge in [0, 0.05) is 24.8 Å². The van der Waals surface area contributed by atoms with Gasteiger partial charge in [0.05, 0.1) is 0 Å². The van der Waals surface area contributed by atoms with E-state index in [0.717, 1.165) is 32.4 Å². The highest BCUT2D eigenvalue weighted by Crippen LogP contribution is 2.28. The van der Waals surface area contributed by atoms with Crippen LogP contribution in [-0.4, -0.2) is 34.1 Å². The van der Waals surface area contributed by atoms with Gasteiger partial charge in [-0.1, -0.05) is 30.3 Å². The molecule has 1 aliphatic heterocycles. The van der Waals surface area contributed by atoms with Gasteiger partial charge in [-0.15, -0.1) is 0 Å². The molecule has 1 N–H and O–H groups in total. The van der Waals surface area contributed by atoms with E-state index in [1.807, 2.05) is 11.0 Å². The van der Waals surface area contributed by atoms with E-state index in [2.05, 4.69) is 34.2 Å². The zero-order chi connectivity index (χ0) is 20.2. The third-order valence-electron chi connectivity index (χ3n) is 5.38. The van der Waals surface area contributed by atoms with Gasteiger partial charge in [-0.2, -0.15) is 0 Å². The minimum absolute atomic E-state index is 0.0948. The third kappa shape index (κ3) is 4.42. The van der Waals surface area contributed by atoms with Crippen molar-refractivity contribution in [2.75, 3.05) is 18.0 Å². The molecule has 1 aromatic heterocycles. The molecule has 1 fully saturated rings. The van der Waals surface area contributed by atoms with E-state index in [0.29, 0.717) is 23.1 Å². The van der Waals surface area contributed by atoms with Crippen LogP contribution in [0.25, 0.3) is 11.4 Å². The van der Waals surface area contributed by atoms with Crippen LogP contribution >= 0.6 is 0 Å². The fourth-order valence-corrected chi connectivity index (χ4v) is 3.80. The quantitative estimate of drug-likeness (QED) is 0.696. The third-order valence-corrected chi connectivity index (χ3v) is 5.38. The van der Waals surface area contributed by atoms with E-state index in [1.54, 1.807) is 12.1 Å². The minimum Gasteiger partial charge on any atom is -0.477 e. The van der Waals surface area contributed by atoms with Gasteiger partial charge in [0.25, 0.3) is 0 Å². The highest BCUT2D eigenvalue weighted by Gasteiger charge is 2.25. The Hall–Kier alpha value is -3.28. The number of nitrogens with zero attached hydrogens (tertiary/aromatic N) is 3. The van der Waals surface area contributed by atoms with Crippen LogP contribution < -0.4 is 4.90 Å². The Morgan fingerprint density at radius 1 is 1.07 bits per heavy atom. The van der Waals surface area contributed by atoms with Crippen LogP contribution in [0.4, 0.5) is 10.2 Å². The molecule has 5 nitrogen and oxygen atoms in total. The number of halogens is 1. The van der Waals surface area contributed by atoms with Crippen LogP contribution in [0, 0.1) is 11.7 Å². The SMILES string of the molecule is O=C(O)c1cnc(-c2ccc(F)cc2)nc1N1CCC(Cc2ccccc2)CC1. The standard InChI is InChI=1S/C23H22FN3O2/c24-19-8-6-18(7-9-19)21-25-15-20(23(28)29)22(26-21)27-12-10-17(11-13-27)14-16-4-2-1-3-5-16/h1-9,15,17H,10-14H2,(H,28,29). The first kappa shape index (κ1) is 19.1. The predicted molar refractivity (Wildman–Crippen MR) is 109 cm³/mol. The zero-order valence-corrected chi connectivity index (χ0v) is 16.0. The van der Waals surface area contributed by atoms with Gasteiger partial charge >= 0.3 is 5.97 Å². The molecular weight excluding hydrogens is 369 g/mol. The van der Waals surface area contributed by atoms with E-state index < -0.39 is 5.97 Å². The molecule has 0 radical (unpaired) electrons. The molecule has 4 rings (SSSR count). The first-order valence-corrected chi connectivity index (χ1v) is 9.75. The molecule has 6 heteroatoms. The monoisotopic (exact) mass is 391 g/mol. The fraction of sp³-hybridized carbons (Fsp3) is 0.261. The topological polar surface area (TPSA) is 66.3 Å². The lowest BCUT2D eigenvalue weighted by molar-refractivity contribution is 0.0696. The molecule has 0 aliphatic carbocycles. The van der Waals surface area contributed by atoms with Gasteiger partial charge in [0.15, 0.2) is 5.82 Å². The summed E-state index contributed by atoms with van der Waals surface area (Å²) in [5.41, 5.74) is 2.08. The first-order chi connectivity index (χ1) is 14.1. The van der Waals surface area contributed by atoms with Crippen molar-refractivity contribution < 1.29 is 14.3 Å². The summed E-state index contributed by atoms with van der Waals surface area (Å²) < 4.78 is 13.2. The maximum Gasteiger partial charge on any atom is 0.341 e. The van der Waals surface area contributed by atoms with Crippen LogP contribution in [-0.2, 0) is 6.42 Å². The second-order valence-electron chi connectivity index (χ2n) is 7.36. The van der Waals surface area contributed by atoms with Crippen molar-refractivity contribution in [1.82, 2.24) is 9.97 Å². The number of hydrogen-bond acceptors (Lipinski definition) is 4. The molecule has 2 aromatic carbocycles. The maximum atomic E-state index is 13.2. The Morgan fingerprint density at radius 2 is 1.76 bits per heavy atom. The van der Waals surface area contributed by atoms with E-state index in [1.165, 1.54) is 23.9 Å². The predicted octanol–water partition coefficient (Wildman–Crippen LogP) is 4.44. The summed E-state index contributed by atoms with van der Waals surface area (Å²) in [7, 11) is 0. The van der Waals surface area contributed by atoms with Crippen molar-refractivity contribution in [3.05, 3.63) is 77.7 Å². The Balaban J connectivity index is 1.53. The van der Waals surface area contributed by atoms with Crippen LogP contribution in [0.2, 0.25) is 0 Å². The van der Waals surface area contributed by atoms with E-state index in [9.17, 15) is 14.3 Å². The highest BCUT2D eigenvalue weighted by molar-refractivity contribution is 5.93. The summed E-state index contributed by atoms with van der Waals surface area (Å²) in [6.07, 6.45) is 4.33. The molecule has 0 spiro atoms. The average molecular weight is 391 g/mol. The van der Waals surface area contributed by atoms with Gasteiger partial charge in [0.1, 0.15) is 17.2 Å². The van der Waals surface area contributed by atoms with E-state index in [4.69, 9.17) is 0 Å². The number of anilines is 1. The summed E-state index contributed by atoms with van der Waals surface area (Å²) in [4.78, 5) is 22.5. The number of carboxylic acid groups (broad SMARTS) is 1. The summed E-state index contributed by atoms with van der Waals surface area (Å²) in [6.45, 7) is 1.50. The molecule has 0 amide bonds. The van der Waals surface area contributed by atoms with Crippen molar-refractivity contribution in [2.45, 2.75) is 19.3 Å². The van der Waals surface area contributed by atoms with Crippen LogP contribution in [0.1, 0.15) is 28.8 Å². The van der Waals surface area contributed by atoms with Gasteiger partial charge in [-0.05, 0) is 55.0 Å². The number of rotatable bonds is 5.